The molecule has 43 heavy (non-hydrogen) atoms. The van der Waals surface area contributed by atoms with Crippen LogP contribution in [0.15, 0.2) is 84.9 Å². The maximum atomic E-state index is 12.7. The van der Waals surface area contributed by atoms with Crippen LogP contribution < -0.4 is 9.64 Å². The van der Waals surface area contributed by atoms with E-state index < -0.39 is 11.9 Å². The minimum Gasteiger partial charge on any atom is -0.489 e. The van der Waals surface area contributed by atoms with Gasteiger partial charge in [0.1, 0.15) is 5.75 Å². The maximum absolute atomic E-state index is 12.7. The first kappa shape index (κ1) is 31.0. The van der Waals surface area contributed by atoms with Crippen molar-refractivity contribution in [3.05, 3.63) is 107 Å². The fourth-order valence-electron chi connectivity index (χ4n) is 5.01. The molecule has 2 aliphatic heterocycles. The molecule has 0 saturated carbocycles. The summed E-state index contributed by atoms with van der Waals surface area (Å²) in [5.74, 6) is -2.00. The molecule has 10 nitrogen and oxygen atoms in total. The van der Waals surface area contributed by atoms with Crippen molar-refractivity contribution in [3.63, 3.8) is 0 Å². The number of para-hydroxylation sites is 2. The number of piperazine rings is 1. The molecule has 224 valence electrons. The van der Waals surface area contributed by atoms with Gasteiger partial charge in [-0.25, -0.2) is 9.59 Å². The Morgan fingerprint density at radius 3 is 1.86 bits per heavy atom. The molecule has 3 aromatic carbocycles. The molecule has 5 rings (SSSR count). The van der Waals surface area contributed by atoms with E-state index in [1.807, 2.05) is 24.3 Å². The van der Waals surface area contributed by atoms with E-state index in [1.54, 1.807) is 24.3 Å². The van der Waals surface area contributed by atoms with Gasteiger partial charge in [0.05, 0.1) is 29.5 Å². The number of amides is 2. The van der Waals surface area contributed by atoms with Gasteiger partial charge in [-0.05, 0) is 49.2 Å². The van der Waals surface area contributed by atoms with Crippen LogP contribution in [0.1, 0.15) is 45.7 Å². The SMILES string of the molecule is CC(C)Oc1ccccc1N1CCN(Cc2cccc(CN3C(=O)c4ccccc4C3=O)c2)CC1.O=C(O)C=CC(=O)O. The molecule has 0 bridgehead atoms. The van der Waals surface area contributed by atoms with Gasteiger partial charge >= 0.3 is 11.9 Å². The average Bonchev–Trinajstić information content (AvgIpc) is 3.22. The number of imide groups is 1. The van der Waals surface area contributed by atoms with E-state index >= 15 is 0 Å². The zero-order valence-electron chi connectivity index (χ0n) is 24.2. The van der Waals surface area contributed by atoms with Gasteiger partial charge in [-0.2, -0.15) is 0 Å². The first-order chi connectivity index (χ1) is 20.6. The van der Waals surface area contributed by atoms with Gasteiger partial charge in [0, 0.05) is 44.9 Å². The van der Waals surface area contributed by atoms with Crippen LogP contribution in [0, 0.1) is 0 Å². The van der Waals surface area contributed by atoms with E-state index in [2.05, 4.69) is 47.9 Å². The van der Waals surface area contributed by atoms with E-state index in [0.717, 1.165) is 49.7 Å². The second-order valence-electron chi connectivity index (χ2n) is 10.5. The third-order valence-electron chi connectivity index (χ3n) is 6.93. The Morgan fingerprint density at radius 1 is 0.767 bits per heavy atom. The zero-order chi connectivity index (χ0) is 30.9. The molecule has 2 N–H and O–H groups in total. The van der Waals surface area contributed by atoms with Gasteiger partial charge < -0.3 is 19.8 Å². The van der Waals surface area contributed by atoms with Gasteiger partial charge in [0.15, 0.2) is 0 Å². The molecule has 2 amide bonds. The van der Waals surface area contributed by atoms with Gasteiger partial charge in [-0.15, -0.1) is 0 Å². The number of carboxylic acid groups (broad SMARTS) is 2. The van der Waals surface area contributed by atoms with Gasteiger partial charge in [-0.1, -0.05) is 48.5 Å². The van der Waals surface area contributed by atoms with E-state index in [1.165, 1.54) is 10.5 Å². The summed E-state index contributed by atoms with van der Waals surface area (Å²) >= 11 is 0. The highest BCUT2D eigenvalue weighted by Crippen LogP contribution is 2.30. The lowest BCUT2D eigenvalue weighted by Gasteiger charge is -2.37. The Kier molecular flexibility index (Phi) is 10.3. The standard InChI is InChI=1S/C29H31N3O3.C4H4O4/c1-21(2)35-27-13-6-5-12-26(27)31-16-14-30(15-17-31)19-22-8-7-9-23(18-22)20-32-28(33)24-10-3-4-11-25(24)29(32)34;5-3(6)1-2-4(7)8/h3-13,18,21H,14-17,19-20H2,1-2H3;1-2H,(H,5,6)(H,7,8). The largest absolute Gasteiger partial charge is 0.489 e. The fraction of sp³-hybridized carbons (Fsp3) is 0.273. The van der Waals surface area contributed by atoms with Crippen LogP contribution in [0.25, 0.3) is 0 Å². The first-order valence-corrected chi connectivity index (χ1v) is 14.0. The number of rotatable bonds is 9. The minimum absolute atomic E-state index is 0.144. The summed E-state index contributed by atoms with van der Waals surface area (Å²) in [7, 11) is 0. The summed E-state index contributed by atoms with van der Waals surface area (Å²) in [4.78, 5) is 50.8. The van der Waals surface area contributed by atoms with Crippen LogP contribution in [-0.2, 0) is 22.7 Å². The third kappa shape index (κ3) is 8.30. The molecule has 1 saturated heterocycles. The first-order valence-electron chi connectivity index (χ1n) is 14.0. The number of benzene rings is 3. The normalized spacial score (nSPS) is 15.0. The molecule has 0 aromatic heterocycles. The van der Waals surface area contributed by atoms with Crippen molar-refractivity contribution in [1.82, 2.24) is 9.80 Å². The van der Waals surface area contributed by atoms with Crippen LogP contribution in [0.3, 0.4) is 0 Å². The lowest BCUT2D eigenvalue weighted by atomic mass is 10.1. The topological polar surface area (TPSA) is 128 Å². The average molecular weight is 586 g/mol. The predicted octanol–water partition coefficient (Wildman–Crippen LogP) is 4.30. The summed E-state index contributed by atoms with van der Waals surface area (Å²) < 4.78 is 6.02. The number of hydrogen-bond donors (Lipinski definition) is 2. The maximum Gasteiger partial charge on any atom is 0.328 e. The summed E-state index contributed by atoms with van der Waals surface area (Å²) in [6.45, 7) is 9.03. The van der Waals surface area contributed by atoms with Crippen molar-refractivity contribution >= 4 is 29.4 Å². The van der Waals surface area contributed by atoms with Crippen LogP contribution in [0.4, 0.5) is 5.69 Å². The number of ether oxygens (including phenoxy) is 1. The molecule has 3 aromatic rings. The number of carboxylic acids is 2. The zero-order valence-corrected chi connectivity index (χ0v) is 24.2. The lowest BCUT2D eigenvalue weighted by molar-refractivity contribution is -0.134. The monoisotopic (exact) mass is 585 g/mol. The fourth-order valence-corrected chi connectivity index (χ4v) is 5.01. The van der Waals surface area contributed by atoms with Crippen LogP contribution in [0.5, 0.6) is 5.75 Å². The second-order valence-corrected chi connectivity index (χ2v) is 10.5. The smallest absolute Gasteiger partial charge is 0.328 e. The molecule has 10 heteroatoms. The van der Waals surface area contributed by atoms with E-state index in [-0.39, 0.29) is 17.9 Å². The number of nitrogens with zero attached hydrogens (tertiary/aromatic N) is 3. The van der Waals surface area contributed by atoms with Gasteiger partial charge in [0.2, 0.25) is 0 Å². The molecule has 0 atom stereocenters. The van der Waals surface area contributed by atoms with Crippen molar-refractivity contribution in [2.45, 2.75) is 33.0 Å². The van der Waals surface area contributed by atoms with Crippen molar-refractivity contribution in [2.24, 2.45) is 0 Å². The van der Waals surface area contributed by atoms with E-state index in [0.29, 0.717) is 29.8 Å². The number of aliphatic carboxylic acids is 2. The van der Waals surface area contributed by atoms with Crippen molar-refractivity contribution < 1.29 is 34.1 Å². The summed E-state index contributed by atoms with van der Waals surface area (Å²) in [6, 6.07) is 23.5. The van der Waals surface area contributed by atoms with Crippen LogP contribution >= 0.6 is 0 Å². The van der Waals surface area contributed by atoms with Crippen molar-refractivity contribution in [2.75, 3.05) is 31.1 Å². The van der Waals surface area contributed by atoms with Gasteiger partial charge in [0.25, 0.3) is 11.8 Å². The van der Waals surface area contributed by atoms with Crippen molar-refractivity contribution in [1.29, 1.82) is 0 Å². The van der Waals surface area contributed by atoms with Gasteiger partial charge in [-0.3, -0.25) is 19.4 Å². The minimum atomic E-state index is -1.26. The number of carbonyl (C=O) groups excluding carboxylic acids is 2. The van der Waals surface area contributed by atoms with E-state index in [9.17, 15) is 19.2 Å². The quantitative estimate of drug-likeness (QED) is 0.279. The molecule has 2 heterocycles. The molecular formula is C33H35N3O7. The second kappa shape index (κ2) is 14.3. The lowest BCUT2D eigenvalue weighted by Crippen LogP contribution is -2.46. The molecule has 0 spiro atoms. The molecule has 0 unspecified atom stereocenters. The molecule has 1 fully saturated rings. The highest BCUT2D eigenvalue weighted by atomic mass is 16.5. The molecule has 0 aliphatic carbocycles. The van der Waals surface area contributed by atoms with Crippen LogP contribution in [-0.4, -0.2) is 76.0 Å². The van der Waals surface area contributed by atoms with Crippen molar-refractivity contribution in [3.8, 4) is 5.75 Å². The molecule has 2 aliphatic rings. The third-order valence-corrected chi connectivity index (χ3v) is 6.93. The molecule has 0 radical (unpaired) electrons. The Labute approximate surface area is 250 Å². The summed E-state index contributed by atoms with van der Waals surface area (Å²) in [5, 5.41) is 15.6. The number of anilines is 1. The number of fused-ring (bicyclic) bond motifs is 1. The molecular weight excluding hydrogens is 550 g/mol. The Hall–Kier alpha value is -4.96. The Balaban J connectivity index is 0.000000467. The Bertz CT molecular complexity index is 1460. The van der Waals surface area contributed by atoms with E-state index in [4.69, 9.17) is 14.9 Å². The predicted molar refractivity (Wildman–Crippen MR) is 161 cm³/mol. The summed E-state index contributed by atoms with van der Waals surface area (Å²) in [6.07, 6.45) is 1.26. The summed E-state index contributed by atoms with van der Waals surface area (Å²) in [5.41, 5.74) is 4.30. The highest BCUT2D eigenvalue weighted by molar-refractivity contribution is 6.21. The number of carbonyl (C=O) groups is 4. The van der Waals surface area contributed by atoms with Crippen LogP contribution in [0.2, 0.25) is 0 Å². The highest BCUT2D eigenvalue weighted by Gasteiger charge is 2.35. The Morgan fingerprint density at radius 2 is 1.30 bits per heavy atom. The number of hydrogen-bond acceptors (Lipinski definition) is 7.